The van der Waals surface area contributed by atoms with Crippen molar-refractivity contribution in [3.05, 3.63) is 47.3 Å². The van der Waals surface area contributed by atoms with Gasteiger partial charge in [0.15, 0.2) is 0 Å². The van der Waals surface area contributed by atoms with Gasteiger partial charge < -0.3 is 10.5 Å². The zero-order chi connectivity index (χ0) is 13.1. The normalized spacial score (nSPS) is 12.4. The van der Waals surface area contributed by atoms with Crippen LogP contribution < -0.4 is 10.5 Å². The van der Waals surface area contributed by atoms with Crippen molar-refractivity contribution in [3.63, 3.8) is 0 Å². The molecular weight excluding hydrogens is 226 g/mol. The summed E-state index contributed by atoms with van der Waals surface area (Å²) in [4.78, 5) is 0. The van der Waals surface area contributed by atoms with Crippen molar-refractivity contribution >= 4 is 0 Å². The van der Waals surface area contributed by atoms with Crippen LogP contribution >= 0.6 is 0 Å². The fraction of sp³-hybridized carbons (Fsp3) is 0.357. The number of nitrogens with zero attached hydrogens (tertiary/aromatic N) is 2. The number of benzene rings is 1. The molecule has 1 atom stereocenters. The average Bonchev–Trinajstić information content (AvgIpc) is 2.79. The molecule has 1 aromatic heterocycles. The lowest BCUT2D eigenvalue weighted by atomic mass is 10.0. The summed E-state index contributed by atoms with van der Waals surface area (Å²) in [6.07, 6.45) is 0. The Morgan fingerprint density at radius 3 is 2.56 bits per heavy atom. The van der Waals surface area contributed by atoms with Crippen molar-refractivity contribution < 1.29 is 4.74 Å². The number of hydrogen-bond acceptors (Lipinski definition) is 3. The number of aryl methyl sites for hydroxylation is 2. The van der Waals surface area contributed by atoms with Crippen molar-refractivity contribution in [2.45, 2.75) is 26.4 Å². The lowest BCUT2D eigenvalue weighted by Gasteiger charge is -2.14. The smallest absolute Gasteiger partial charge is 0.118 e. The van der Waals surface area contributed by atoms with Crippen LogP contribution in [0.5, 0.6) is 5.75 Å². The first kappa shape index (κ1) is 12.6. The molecule has 0 amide bonds. The van der Waals surface area contributed by atoms with Gasteiger partial charge in [0.1, 0.15) is 5.75 Å². The third-order valence-corrected chi connectivity index (χ3v) is 3.03. The molecule has 0 bridgehead atoms. The van der Waals surface area contributed by atoms with Crippen molar-refractivity contribution in [2.24, 2.45) is 5.73 Å². The van der Waals surface area contributed by atoms with E-state index >= 15 is 0 Å². The van der Waals surface area contributed by atoms with Gasteiger partial charge in [-0.1, -0.05) is 12.1 Å². The van der Waals surface area contributed by atoms with Gasteiger partial charge in [-0.25, -0.2) is 0 Å². The summed E-state index contributed by atoms with van der Waals surface area (Å²) in [6.45, 7) is 4.88. The van der Waals surface area contributed by atoms with E-state index in [9.17, 15) is 0 Å². The minimum atomic E-state index is -0.156. The quantitative estimate of drug-likeness (QED) is 0.899. The van der Waals surface area contributed by atoms with E-state index in [0.717, 1.165) is 29.2 Å². The van der Waals surface area contributed by atoms with E-state index < -0.39 is 0 Å². The summed E-state index contributed by atoms with van der Waals surface area (Å²) >= 11 is 0. The topological polar surface area (TPSA) is 53.1 Å². The molecule has 1 heterocycles. The number of rotatable bonds is 4. The summed E-state index contributed by atoms with van der Waals surface area (Å²) in [6, 6.07) is 9.72. The molecule has 0 saturated heterocycles. The predicted molar refractivity (Wildman–Crippen MR) is 71.7 cm³/mol. The van der Waals surface area contributed by atoms with Crippen molar-refractivity contribution in [2.75, 3.05) is 7.11 Å². The van der Waals surface area contributed by atoms with E-state index in [1.165, 1.54) is 0 Å². The number of ether oxygens (including phenoxy) is 1. The molecule has 96 valence electrons. The predicted octanol–water partition coefficient (Wildman–Crippen LogP) is 2.27. The summed E-state index contributed by atoms with van der Waals surface area (Å²) in [5.74, 6) is 0.839. The van der Waals surface area contributed by atoms with Crippen molar-refractivity contribution in [1.82, 2.24) is 9.78 Å². The van der Waals surface area contributed by atoms with Gasteiger partial charge in [-0.3, -0.25) is 4.68 Å². The first-order valence-corrected chi connectivity index (χ1v) is 6.09. The van der Waals surface area contributed by atoms with Crippen LogP contribution in [0.1, 0.15) is 29.9 Å². The molecule has 1 unspecified atom stereocenters. The Kier molecular flexibility index (Phi) is 3.67. The van der Waals surface area contributed by atoms with Crippen LogP contribution in [-0.2, 0) is 6.54 Å². The number of hydrogen-bond donors (Lipinski definition) is 1. The maximum atomic E-state index is 6.30. The van der Waals surface area contributed by atoms with Gasteiger partial charge in [-0.05, 0) is 37.6 Å². The summed E-state index contributed by atoms with van der Waals surface area (Å²) in [5.41, 5.74) is 9.39. The van der Waals surface area contributed by atoms with Crippen LogP contribution in [0.4, 0.5) is 0 Å². The van der Waals surface area contributed by atoms with Gasteiger partial charge in [0.25, 0.3) is 0 Å². The van der Waals surface area contributed by atoms with Crippen molar-refractivity contribution in [1.29, 1.82) is 0 Å². The first-order valence-electron chi connectivity index (χ1n) is 6.09. The number of aromatic nitrogens is 2. The molecule has 0 saturated carbocycles. The van der Waals surface area contributed by atoms with Gasteiger partial charge >= 0.3 is 0 Å². The van der Waals surface area contributed by atoms with Gasteiger partial charge in [-0.15, -0.1) is 0 Å². The molecule has 1 aromatic carbocycles. The molecule has 0 aliphatic heterocycles. The molecule has 2 aromatic rings. The second-order valence-corrected chi connectivity index (χ2v) is 4.28. The van der Waals surface area contributed by atoms with Crippen LogP contribution in [0.3, 0.4) is 0 Å². The van der Waals surface area contributed by atoms with Crippen LogP contribution in [0.2, 0.25) is 0 Å². The third kappa shape index (κ3) is 2.38. The molecule has 0 aliphatic rings. The zero-order valence-electron chi connectivity index (χ0n) is 11.1. The average molecular weight is 245 g/mol. The molecule has 18 heavy (non-hydrogen) atoms. The summed E-state index contributed by atoms with van der Waals surface area (Å²) < 4.78 is 7.09. The maximum absolute atomic E-state index is 6.30. The van der Waals surface area contributed by atoms with Gasteiger partial charge in [0, 0.05) is 6.54 Å². The second-order valence-electron chi connectivity index (χ2n) is 4.28. The molecule has 0 fully saturated rings. The Morgan fingerprint density at radius 2 is 2.00 bits per heavy atom. The minimum absolute atomic E-state index is 0.156. The molecule has 2 rings (SSSR count). The van der Waals surface area contributed by atoms with Crippen LogP contribution in [-0.4, -0.2) is 16.9 Å². The molecule has 4 heteroatoms. The minimum Gasteiger partial charge on any atom is -0.497 e. The van der Waals surface area contributed by atoms with Crippen LogP contribution in [0, 0.1) is 6.92 Å². The molecule has 2 N–H and O–H groups in total. The van der Waals surface area contributed by atoms with E-state index in [-0.39, 0.29) is 6.04 Å². The monoisotopic (exact) mass is 245 g/mol. The zero-order valence-corrected chi connectivity index (χ0v) is 11.1. The number of methoxy groups -OCH3 is 1. The molecule has 4 nitrogen and oxygen atoms in total. The Balaban J connectivity index is 2.31. The van der Waals surface area contributed by atoms with Gasteiger partial charge in [0.05, 0.1) is 24.5 Å². The van der Waals surface area contributed by atoms with Crippen molar-refractivity contribution in [3.8, 4) is 5.75 Å². The van der Waals surface area contributed by atoms with E-state index in [2.05, 4.69) is 12.0 Å². The fourth-order valence-electron chi connectivity index (χ4n) is 2.05. The van der Waals surface area contributed by atoms with Gasteiger partial charge in [0.2, 0.25) is 0 Å². The Morgan fingerprint density at radius 1 is 1.33 bits per heavy atom. The molecular formula is C14H19N3O. The fourth-order valence-corrected chi connectivity index (χ4v) is 2.05. The van der Waals surface area contributed by atoms with E-state index in [1.807, 2.05) is 41.9 Å². The van der Waals surface area contributed by atoms with E-state index in [1.54, 1.807) is 7.11 Å². The Hall–Kier alpha value is -1.81. The van der Waals surface area contributed by atoms with Crippen LogP contribution in [0.25, 0.3) is 0 Å². The molecule has 0 radical (unpaired) electrons. The summed E-state index contributed by atoms with van der Waals surface area (Å²) in [5, 5.41) is 4.42. The highest BCUT2D eigenvalue weighted by Gasteiger charge is 2.14. The third-order valence-electron chi connectivity index (χ3n) is 3.03. The van der Waals surface area contributed by atoms with E-state index in [4.69, 9.17) is 10.5 Å². The lowest BCUT2D eigenvalue weighted by Crippen LogP contribution is -2.17. The van der Waals surface area contributed by atoms with Crippen LogP contribution in [0.15, 0.2) is 30.3 Å². The highest BCUT2D eigenvalue weighted by Crippen LogP contribution is 2.22. The largest absolute Gasteiger partial charge is 0.497 e. The standard InChI is InChI=1S/C14H19N3O/c1-4-17-13(9-10(2)16-17)14(15)11-5-7-12(18-3)8-6-11/h5-9,14H,4,15H2,1-3H3. The Labute approximate surface area is 107 Å². The van der Waals surface area contributed by atoms with E-state index in [0.29, 0.717) is 0 Å². The SMILES string of the molecule is CCn1nc(C)cc1C(N)c1ccc(OC)cc1. The molecule has 0 spiro atoms. The maximum Gasteiger partial charge on any atom is 0.118 e. The first-order chi connectivity index (χ1) is 8.65. The molecule has 0 aliphatic carbocycles. The lowest BCUT2D eigenvalue weighted by molar-refractivity contribution is 0.414. The summed E-state index contributed by atoms with van der Waals surface area (Å²) in [7, 11) is 1.66. The number of nitrogens with two attached hydrogens (primary N) is 1. The Bertz CT molecular complexity index is 516. The second kappa shape index (κ2) is 5.23. The highest BCUT2D eigenvalue weighted by molar-refractivity contribution is 5.33. The van der Waals surface area contributed by atoms with Gasteiger partial charge in [-0.2, -0.15) is 5.10 Å². The highest BCUT2D eigenvalue weighted by atomic mass is 16.5.